The average molecular weight is 426 g/mol. The van der Waals surface area contributed by atoms with Gasteiger partial charge >= 0.3 is 0 Å². The van der Waals surface area contributed by atoms with Crippen molar-refractivity contribution in [1.82, 2.24) is 14.9 Å². The molecule has 5 nitrogen and oxygen atoms in total. The molecule has 0 aliphatic heterocycles. The van der Waals surface area contributed by atoms with Gasteiger partial charge in [0.2, 0.25) is 0 Å². The molecule has 3 aromatic carbocycles. The van der Waals surface area contributed by atoms with Crippen LogP contribution in [0, 0.1) is 0 Å². The minimum absolute atomic E-state index is 0.123. The fourth-order valence-corrected chi connectivity index (χ4v) is 3.75. The average Bonchev–Trinajstić information content (AvgIpc) is 3.19. The SMILES string of the molecule is COc1ccccc1C(=O)NCCCc1nc2ccccc2n1C/C=C/c1ccccc1. The van der Waals surface area contributed by atoms with Gasteiger partial charge in [-0.15, -0.1) is 0 Å². The predicted octanol–water partition coefficient (Wildman–Crippen LogP) is 5.12. The smallest absolute Gasteiger partial charge is 0.255 e. The van der Waals surface area contributed by atoms with E-state index in [9.17, 15) is 4.79 Å². The van der Waals surface area contributed by atoms with Gasteiger partial charge in [-0.25, -0.2) is 4.98 Å². The molecule has 162 valence electrons. The van der Waals surface area contributed by atoms with Crippen LogP contribution in [0.15, 0.2) is 84.9 Å². The highest BCUT2D eigenvalue weighted by Crippen LogP contribution is 2.19. The number of methoxy groups -OCH3 is 1. The number of rotatable bonds is 9. The summed E-state index contributed by atoms with van der Waals surface area (Å²) in [5.74, 6) is 1.48. The van der Waals surface area contributed by atoms with Crippen molar-refractivity contribution in [3.63, 3.8) is 0 Å². The first-order valence-electron chi connectivity index (χ1n) is 10.8. The number of carbonyl (C=O) groups is 1. The molecule has 4 aromatic rings. The number of hydrogen-bond donors (Lipinski definition) is 1. The Morgan fingerprint density at radius 2 is 1.75 bits per heavy atom. The Morgan fingerprint density at radius 3 is 2.59 bits per heavy atom. The van der Waals surface area contributed by atoms with Crippen LogP contribution in [0.1, 0.15) is 28.2 Å². The number of nitrogens with one attached hydrogen (secondary N) is 1. The van der Waals surface area contributed by atoms with E-state index in [1.165, 1.54) is 5.56 Å². The Balaban J connectivity index is 1.41. The largest absolute Gasteiger partial charge is 0.496 e. The number of imidazole rings is 1. The van der Waals surface area contributed by atoms with Crippen molar-refractivity contribution >= 4 is 23.0 Å². The predicted molar refractivity (Wildman–Crippen MR) is 129 cm³/mol. The summed E-state index contributed by atoms with van der Waals surface area (Å²) in [6.07, 6.45) is 5.87. The van der Waals surface area contributed by atoms with Gasteiger partial charge in [0.15, 0.2) is 0 Å². The van der Waals surface area contributed by atoms with Crippen molar-refractivity contribution in [3.05, 3.63) is 102 Å². The molecule has 1 aromatic heterocycles. The number of nitrogens with zero attached hydrogens (tertiary/aromatic N) is 2. The maximum absolute atomic E-state index is 12.5. The van der Waals surface area contributed by atoms with Crippen molar-refractivity contribution in [2.75, 3.05) is 13.7 Å². The van der Waals surface area contributed by atoms with Crippen LogP contribution in [0.4, 0.5) is 0 Å². The molecule has 0 fully saturated rings. The topological polar surface area (TPSA) is 56.1 Å². The molecule has 0 saturated heterocycles. The molecule has 4 rings (SSSR count). The third-order valence-corrected chi connectivity index (χ3v) is 5.35. The molecule has 0 aliphatic carbocycles. The molecule has 32 heavy (non-hydrogen) atoms. The third kappa shape index (κ3) is 5.06. The van der Waals surface area contributed by atoms with E-state index >= 15 is 0 Å². The van der Waals surface area contributed by atoms with Gasteiger partial charge in [0, 0.05) is 19.5 Å². The first kappa shape index (κ1) is 21.4. The monoisotopic (exact) mass is 425 g/mol. The fraction of sp³-hybridized carbons (Fsp3) is 0.185. The van der Waals surface area contributed by atoms with Gasteiger partial charge < -0.3 is 14.6 Å². The van der Waals surface area contributed by atoms with Gasteiger partial charge in [0.1, 0.15) is 11.6 Å². The quantitative estimate of drug-likeness (QED) is 0.379. The fourth-order valence-electron chi connectivity index (χ4n) is 3.75. The molecule has 0 spiro atoms. The number of ether oxygens (including phenoxy) is 1. The molecule has 0 bridgehead atoms. The standard InChI is InChI=1S/C27H27N3O2/c1-32-25-17-8-5-14-22(25)27(31)28-19-9-18-26-29-23-15-6-7-16-24(23)30(26)20-10-13-21-11-3-2-4-12-21/h2-8,10-17H,9,18-20H2,1H3,(H,28,31)/b13-10+. The van der Waals surface area contributed by atoms with Crippen LogP contribution >= 0.6 is 0 Å². The van der Waals surface area contributed by atoms with Crippen LogP contribution in [-0.2, 0) is 13.0 Å². The van der Waals surface area contributed by atoms with Crippen molar-refractivity contribution in [1.29, 1.82) is 0 Å². The number of amides is 1. The number of benzene rings is 3. The van der Waals surface area contributed by atoms with Gasteiger partial charge in [-0.2, -0.15) is 0 Å². The number of allylic oxidation sites excluding steroid dienone is 1. The Bertz CT molecular complexity index is 1210. The van der Waals surface area contributed by atoms with Crippen LogP contribution in [0.2, 0.25) is 0 Å². The van der Waals surface area contributed by atoms with Crippen molar-refractivity contribution in [3.8, 4) is 5.75 Å². The van der Waals surface area contributed by atoms with E-state index in [2.05, 4.69) is 40.2 Å². The number of para-hydroxylation sites is 3. The lowest BCUT2D eigenvalue weighted by atomic mass is 10.2. The molecular formula is C27H27N3O2. The molecule has 0 aliphatic rings. The number of fused-ring (bicyclic) bond motifs is 1. The minimum Gasteiger partial charge on any atom is -0.496 e. The zero-order valence-electron chi connectivity index (χ0n) is 18.2. The van der Waals surface area contributed by atoms with Gasteiger partial charge in [0.05, 0.1) is 23.7 Å². The summed E-state index contributed by atoms with van der Waals surface area (Å²) >= 11 is 0. The van der Waals surface area contributed by atoms with Crippen LogP contribution in [0.5, 0.6) is 5.75 Å². The molecule has 0 unspecified atom stereocenters. The minimum atomic E-state index is -0.123. The Morgan fingerprint density at radius 1 is 1.00 bits per heavy atom. The summed E-state index contributed by atoms with van der Waals surface area (Å²) in [6.45, 7) is 1.32. The van der Waals surface area contributed by atoms with Gasteiger partial charge in [-0.05, 0) is 36.2 Å². The summed E-state index contributed by atoms with van der Waals surface area (Å²) in [7, 11) is 1.57. The lowest BCUT2D eigenvalue weighted by Gasteiger charge is -2.10. The Labute approximate surface area is 188 Å². The van der Waals surface area contributed by atoms with Crippen LogP contribution in [0.25, 0.3) is 17.1 Å². The Kier molecular flexibility index (Phi) is 6.98. The second kappa shape index (κ2) is 10.4. The van der Waals surface area contributed by atoms with Gasteiger partial charge in [-0.1, -0.05) is 66.7 Å². The highest BCUT2D eigenvalue weighted by Gasteiger charge is 2.12. The van der Waals surface area contributed by atoms with E-state index in [1.807, 2.05) is 48.5 Å². The van der Waals surface area contributed by atoms with E-state index in [1.54, 1.807) is 19.2 Å². The summed E-state index contributed by atoms with van der Waals surface area (Å²) in [5, 5.41) is 2.99. The molecule has 5 heteroatoms. The summed E-state index contributed by atoms with van der Waals surface area (Å²) < 4.78 is 7.53. The molecule has 0 saturated carbocycles. The summed E-state index contributed by atoms with van der Waals surface area (Å²) in [5.41, 5.74) is 3.85. The second-order valence-corrected chi connectivity index (χ2v) is 7.50. The molecule has 1 N–H and O–H groups in total. The normalized spacial score (nSPS) is 11.2. The molecule has 0 radical (unpaired) electrons. The lowest BCUT2D eigenvalue weighted by molar-refractivity contribution is 0.0950. The van der Waals surface area contributed by atoms with Gasteiger partial charge in [-0.3, -0.25) is 4.79 Å². The van der Waals surface area contributed by atoms with E-state index in [4.69, 9.17) is 9.72 Å². The van der Waals surface area contributed by atoms with Crippen LogP contribution in [0.3, 0.4) is 0 Å². The third-order valence-electron chi connectivity index (χ3n) is 5.35. The summed E-state index contributed by atoms with van der Waals surface area (Å²) in [4.78, 5) is 17.3. The summed E-state index contributed by atoms with van der Waals surface area (Å²) in [6, 6.07) is 25.7. The van der Waals surface area contributed by atoms with Crippen molar-refractivity contribution in [2.24, 2.45) is 0 Å². The molecule has 1 amide bonds. The highest BCUT2D eigenvalue weighted by molar-refractivity contribution is 5.96. The number of aromatic nitrogens is 2. The molecule has 1 heterocycles. The van der Waals surface area contributed by atoms with Crippen LogP contribution in [-0.4, -0.2) is 29.1 Å². The first-order chi connectivity index (χ1) is 15.8. The number of hydrogen-bond acceptors (Lipinski definition) is 3. The highest BCUT2D eigenvalue weighted by atomic mass is 16.5. The number of carbonyl (C=O) groups excluding carboxylic acids is 1. The zero-order valence-corrected chi connectivity index (χ0v) is 18.2. The molecular weight excluding hydrogens is 398 g/mol. The van der Waals surface area contributed by atoms with E-state index in [0.717, 1.165) is 36.2 Å². The lowest BCUT2D eigenvalue weighted by Crippen LogP contribution is -2.25. The number of aryl methyl sites for hydroxylation is 1. The van der Waals surface area contributed by atoms with Crippen molar-refractivity contribution in [2.45, 2.75) is 19.4 Å². The maximum atomic E-state index is 12.5. The van der Waals surface area contributed by atoms with Gasteiger partial charge in [0.25, 0.3) is 5.91 Å². The Hall–Kier alpha value is -3.86. The molecule has 0 atom stereocenters. The van der Waals surface area contributed by atoms with E-state index < -0.39 is 0 Å². The zero-order chi connectivity index (χ0) is 22.2. The van der Waals surface area contributed by atoms with Crippen LogP contribution < -0.4 is 10.1 Å². The maximum Gasteiger partial charge on any atom is 0.255 e. The second-order valence-electron chi connectivity index (χ2n) is 7.50. The van der Waals surface area contributed by atoms with E-state index in [0.29, 0.717) is 17.9 Å². The van der Waals surface area contributed by atoms with Crippen molar-refractivity contribution < 1.29 is 9.53 Å². The first-order valence-corrected chi connectivity index (χ1v) is 10.8. The van der Waals surface area contributed by atoms with E-state index in [-0.39, 0.29) is 5.91 Å².